The maximum Gasteiger partial charge on any atom is 0.432 e. The van der Waals surface area contributed by atoms with Gasteiger partial charge in [-0.05, 0) is 23.1 Å². The fraction of sp³-hybridized carbons (Fsp3) is 0.375. The first-order chi connectivity index (χ1) is 12.3. The van der Waals surface area contributed by atoms with E-state index in [0.717, 1.165) is 11.6 Å². The van der Waals surface area contributed by atoms with Crippen LogP contribution < -0.4 is 10.5 Å². The lowest BCUT2D eigenvalue weighted by atomic mass is 10.0. The Hall–Kier alpha value is -2.40. The Morgan fingerprint density at radius 1 is 1.26 bits per heavy atom. The third-order valence-corrected chi connectivity index (χ3v) is 5.74. The number of nitrogens with zero attached hydrogens (tertiary/aromatic N) is 1. The van der Waals surface area contributed by atoms with Gasteiger partial charge in [0.2, 0.25) is 15.9 Å². The molecule has 11 heteroatoms. The lowest BCUT2D eigenvalue weighted by molar-refractivity contribution is -0.141. The molecule has 1 aliphatic rings. The number of sulfonamides is 1. The van der Waals surface area contributed by atoms with Crippen LogP contribution in [0.15, 0.2) is 35.2 Å². The standard InChI is InChI=1S/C16H17F3N4O3S/c1-15(2)12(8-3-5-9(6-4-8)27(20,25)26)13(15)14(24)21-11-7-10(22-23-11)16(17,18)19/h3-7,12-13H,1-2H3,(H2,20,25,26)(H2,21,22,23,24)/t12-,13+/m1/s1. The van der Waals surface area contributed by atoms with Crippen molar-refractivity contribution in [2.45, 2.75) is 30.8 Å². The van der Waals surface area contributed by atoms with Crippen molar-refractivity contribution in [3.63, 3.8) is 0 Å². The normalized spacial score (nSPS) is 21.7. The minimum Gasteiger partial charge on any atom is -0.309 e. The lowest BCUT2D eigenvalue weighted by Crippen LogP contribution is -2.17. The summed E-state index contributed by atoms with van der Waals surface area (Å²) in [4.78, 5) is 12.5. The van der Waals surface area contributed by atoms with Gasteiger partial charge >= 0.3 is 6.18 Å². The minimum absolute atomic E-state index is 0.0399. The molecule has 1 aromatic heterocycles. The van der Waals surface area contributed by atoms with Gasteiger partial charge in [0.1, 0.15) is 5.69 Å². The largest absolute Gasteiger partial charge is 0.432 e. The molecule has 1 saturated carbocycles. The molecule has 1 aromatic carbocycles. The summed E-state index contributed by atoms with van der Waals surface area (Å²) in [7, 11) is -3.82. The summed E-state index contributed by atoms with van der Waals surface area (Å²) in [5, 5.41) is 12.7. The first kappa shape index (κ1) is 19.4. The molecule has 27 heavy (non-hydrogen) atoms. The number of aromatic amines is 1. The third-order valence-electron chi connectivity index (χ3n) is 4.81. The molecule has 1 amide bonds. The predicted octanol–water partition coefficient (Wildman–Crippen LogP) is 2.45. The molecule has 0 spiro atoms. The second kappa shape index (κ2) is 6.06. The van der Waals surface area contributed by atoms with Crippen LogP contribution in [-0.2, 0) is 21.0 Å². The molecule has 0 aliphatic heterocycles. The van der Waals surface area contributed by atoms with Gasteiger partial charge in [-0.15, -0.1) is 0 Å². The van der Waals surface area contributed by atoms with E-state index in [0.29, 0.717) is 0 Å². The van der Waals surface area contributed by atoms with Gasteiger partial charge in [-0.3, -0.25) is 9.89 Å². The number of hydrogen-bond acceptors (Lipinski definition) is 4. The summed E-state index contributed by atoms with van der Waals surface area (Å²) in [5.41, 5.74) is -0.760. The number of primary sulfonamides is 1. The number of alkyl halides is 3. The van der Waals surface area contributed by atoms with Gasteiger partial charge in [0, 0.05) is 12.0 Å². The molecule has 0 unspecified atom stereocenters. The summed E-state index contributed by atoms with van der Waals surface area (Å²) in [6.07, 6.45) is -4.58. The number of benzene rings is 1. The lowest BCUT2D eigenvalue weighted by Gasteiger charge is -2.04. The number of carbonyl (C=O) groups is 1. The highest BCUT2D eigenvalue weighted by atomic mass is 32.2. The van der Waals surface area contributed by atoms with E-state index in [9.17, 15) is 26.4 Å². The Kier molecular flexibility index (Phi) is 4.35. The molecule has 4 N–H and O–H groups in total. The highest BCUT2D eigenvalue weighted by Gasteiger charge is 2.62. The van der Waals surface area contributed by atoms with Crippen molar-refractivity contribution in [2.24, 2.45) is 16.5 Å². The third kappa shape index (κ3) is 3.69. The molecular formula is C16H17F3N4O3S. The monoisotopic (exact) mass is 402 g/mol. The molecule has 146 valence electrons. The number of nitrogens with one attached hydrogen (secondary N) is 2. The van der Waals surface area contributed by atoms with Crippen LogP contribution in [0.25, 0.3) is 0 Å². The zero-order chi connectivity index (χ0) is 20.2. The molecule has 1 heterocycles. The van der Waals surface area contributed by atoms with E-state index in [4.69, 9.17) is 5.14 Å². The van der Waals surface area contributed by atoms with Crippen molar-refractivity contribution >= 4 is 21.7 Å². The number of anilines is 1. The van der Waals surface area contributed by atoms with Gasteiger partial charge in [-0.2, -0.15) is 18.3 Å². The van der Waals surface area contributed by atoms with Crippen molar-refractivity contribution < 1.29 is 26.4 Å². The number of halogens is 3. The molecule has 1 aliphatic carbocycles. The van der Waals surface area contributed by atoms with Crippen LogP contribution in [0.4, 0.5) is 19.0 Å². The second-order valence-electron chi connectivity index (χ2n) is 7.04. The molecule has 2 atom stereocenters. The Morgan fingerprint density at radius 3 is 2.33 bits per heavy atom. The van der Waals surface area contributed by atoms with Gasteiger partial charge in [0.05, 0.1) is 10.8 Å². The average molecular weight is 402 g/mol. The summed E-state index contributed by atoms with van der Waals surface area (Å²) in [6.45, 7) is 3.70. The zero-order valence-electron chi connectivity index (χ0n) is 14.3. The van der Waals surface area contributed by atoms with Crippen molar-refractivity contribution in [1.82, 2.24) is 10.2 Å². The van der Waals surface area contributed by atoms with Crippen LogP contribution in [0, 0.1) is 11.3 Å². The van der Waals surface area contributed by atoms with Gasteiger partial charge in [0.15, 0.2) is 5.82 Å². The molecule has 0 radical (unpaired) electrons. The summed E-state index contributed by atoms with van der Waals surface area (Å²) < 4.78 is 60.4. The number of aromatic nitrogens is 2. The van der Waals surface area contributed by atoms with Gasteiger partial charge < -0.3 is 5.32 Å². The van der Waals surface area contributed by atoms with Crippen LogP contribution >= 0.6 is 0 Å². The second-order valence-corrected chi connectivity index (χ2v) is 8.61. The van der Waals surface area contributed by atoms with E-state index in [1.54, 1.807) is 12.1 Å². The number of H-pyrrole nitrogens is 1. The fourth-order valence-corrected chi connectivity index (χ4v) is 3.86. The van der Waals surface area contributed by atoms with Gasteiger partial charge in [0.25, 0.3) is 0 Å². The Bertz CT molecular complexity index is 981. The molecule has 7 nitrogen and oxygen atoms in total. The van der Waals surface area contributed by atoms with E-state index < -0.39 is 39.1 Å². The Labute approximate surface area is 153 Å². The minimum atomic E-state index is -4.58. The van der Waals surface area contributed by atoms with Crippen LogP contribution in [0.3, 0.4) is 0 Å². The molecule has 0 saturated heterocycles. The van der Waals surface area contributed by atoms with E-state index in [2.05, 4.69) is 10.4 Å². The number of nitrogens with two attached hydrogens (primary N) is 1. The van der Waals surface area contributed by atoms with E-state index in [1.807, 2.05) is 18.9 Å². The number of carbonyl (C=O) groups excluding carboxylic acids is 1. The summed E-state index contributed by atoms with van der Waals surface area (Å²) in [5.74, 6) is -1.38. The quantitative estimate of drug-likeness (QED) is 0.728. The smallest absolute Gasteiger partial charge is 0.309 e. The van der Waals surface area contributed by atoms with Crippen LogP contribution in [0.1, 0.15) is 31.0 Å². The predicted molar refractivity (Wildman–Crippen MR) is 90.0 cm³/mol. The first-order valence-corrected chi connectivity index (χ1v) is 9.42. The average Bonchev–Trinajstić information content (AvgIpc) is 2.88. The maximum atomic E-state index is 12.6. The topological polar surface area (TPSA) is 118 Å². The highest BCUT2D eigenvalue weighted by molar-refractivity contribution is 7.89. The maximum absolute atomic E-state index is 12.6. The molecule has 3 rings (SSSR count). The van der Waals surface area contributed by atoms with Crippen molar-refractivity contribution in [1.29, 1.82) is 0 Å². The van der Waals surface area contributed by atoms with Crippen LogP contribution in [0.2, 0.25) is 0 Å². The fourth-order valence-electron chi connectivity index (χ4n) is 3.35. The highest BCUT2D eigenvalue weighted by Crippen LogP contribution is 2.64. The van der Waals surface area contributed by atoms with Gasteiger partial charge in [-0.1, -0.05) is 26.0 Å². The zero-order valence-corrected chi connectivity index (χ0v) is 15.1. The number of rotatable bonds is 4. The summed E-state index contributed by atoms with van der Waals surface area (Å²) >= 11 is 0. The molecule has 1 fully saturated rings. The summed E-state index contributed by atoms with van der Waals surface area (Å²) in [6, 6.07) is 6.60. The van der Waals surface area contributed by atoms with Gasteiger partial charge in [-0.25, -0.2) is 13.6 Å². The van der Waals surface area contributed by atoms with Crippen molar-refractivity contribution in [2.75, 3.05) is 5.32 Å². The van der Waals surface area contributed by atoms with E-state index in [-0.39, 0.29) is 16.6 Å². The number of amides is 1. The van der Waals surface area contributed by atoms with Crippen LogP contribution in [-0.4, -0.2) is 24.5 Å². The SMILES string of the molecule is CC1(C)[C@H](C(=O)Nc2cc(C(F)(F)F)[nH]n2)[C@H]1c1ccc(S(N)(=O)=O)cc1. The Balaban J connectivity index is 1.75. The first-order valence-electron chi connectivity index (χ1n) is 7.88. The number of hydrogen-bond donors (Lipinski definition) is 3. The van der Waals surface area contributed by atoms with Crippen LogP contribution in [0.5, 0.6) is 0 Å². The van der Waals surface area contributed by atoms with Crippen molar-refractivity contribution in [3.05, 3.63) is 41.6 Å². The molecular weight excluding hydrogens is 385 g/mol. The van der Waals surface area contributed by atoms with E-state index in [1.165, 1.54) is 12.1 Å². The molecule has 2 aromatic rings. The Morgan fingerprint density at radius 2 is 1.85 bits per heavy atom. The molecule has 0 bridgehead atoms. The van der Waals surface area contributed by atoms with E-state index >= 15 is 0 Å². The van der Waals surface area contributed by atoms with Crippen molar-refractivity contribution in [3.8, 4) is 0 Å².